The highest BCUT2D eigenvalue weighted by Gasteiger charge is 2.21. The molecule has 0 aliphatic heterocycles. The number of nitrogen functional groups attached to an aromatic ring is 1. The van der Waals surface area contributed by atoms with Gasteiger partial charge in [0, 0.05) is 5.56 Å². The third-order valence-corrected chi connectivity index (χ3v) is 1.77. The van der Waals surface area contributed by atoms with Gasteiger partial charge in [-0.2, -0.15) is 0 Å². The normalized spacial score (nSPS) is 10.6. The first kappa shape index (κ1) is 11.2. The predicted octanol–water partition coefficient (Wildman–Crippen LogP) is 0.934. The van der Waals surface area contributed by atoms with Gasteiger partial charge in [-0.1, -0.05) is 0 Å². The van der Waals surface area contributed by atoms with Gasteiger partial charge in [-0.3, -0.25) is 9.78 Å². The van der Waals surface area contributed by atoms with Crippen molar-refractivity contribution in [3.63, 3.8) is 0 Å². The smallest absolute Gasteiger partial charge is 0.307 e. The summed E-state index contributed by atoms with van der Waals surface area (Å²) in [4.78, 5) is 13.6. The number of halogens is 2. The molecule has 0 fully saturated rings. The monoisotopic (exact) mass is 218 g/mol. The van der Waals surface area contributed by atoms with E-state index in [1.54, 1.807) is 0 Å². The predicted molar refractivity (Wildman–Crippen MR) is 46.6 cm³/mol. The number of hydrogen-bond acceptors (Lipinski definition) is 4. The van der Waals surface area contributed by atoms with E-state index >= 15 is 0 Å². The molecule has 0 aliphatic carbocycles. The lowest BCUT2D eigenvalue weighted by atomic mass is 10.1. The Kier molecular flexibility index (Phi) is 3.03. The van der Waals surface area contributed by atoms with Crippen molar-refractivity contribution in [2.45, 2.75) is 12.8 Å². The van der Waals surface area contributed by atoms with E-state index in [1.807, 2.05) is 0 Å². The van der Waals surface area contributed by atoms with Gasteiger partial charge in [0.2, 0.25) is 0 Å². The van der Waals surface area contributed by atoms with Crippen LogP contribution in [-0.2, 0) is 11.2 Å². The Bertz CT molecular complexity index is 396. The summed E-state index contributed by atoms with van der Waals surface area (Å²) in [6.45, 7) is 0. The van der Waals surface area contributed by atoms with Crippen LogP contribution >= 0.6 is 0 Å². The number of nitrogens with two attached hydrogens (primary N) is 1. The standard InChI is InChI=1S/C8H8F2N2O3/c9-8(10)7-3(1-5(14)15)6(11)4(13)2-12-7/h2,8,13H,1H2,(H2,11,12)(H,14,15). The molecule has 0 saturated heterocycles. The molecule has 15 heavy (non-hydrogen) atoms. The molecular formula is C8H8F2N2O3. The Labute approximate surface area is 83.2 Å². The van der Waals surface area contributed by atoms with E-state index in [-0.39, 0.29) is 11.3 Å². The van der Waals surface area contributed by atoms with Gasteiger partial charge in [-0.25, -0.2) is 8.78 Å². The lowest BCUT2D eigenvalue weighted by Crippen LogP contribution is -2.09. The molecule has 0 radical (unpaired) electrons. The first-order valence-electron chi connectivity index (χ1n) is 3.89. The zero-order chi connectivity index (χ0) is 11.6. The summed E-state index contributed by atoms with van der Waals surface area (Å²) in [7, 11) is 0. The van der Waals surface area contributed by atoms with E-state index < -0.39 is 30.3 Å². The fourth-order valence-corrected chi connectivity index (χ4v) is 1.10. The van der Waals surface area contributed by atoms with Crippen LogP contribution in [0, 0.1) is 0 Å². The number of nitrogens with zero attached hydrogens (tertiary/aromatic N) is 1. The van der Waals surface area contributed by atoms with E-state index in [0.29, 0.717) is 0 Å². The lowest BCUT2D eigenvalue weighted by molar-refractivity contribution is -0.136. The summed E-state index contributed by atoms with van der Waals surface area (Å²) in [5.41, 5.74) is 3.85. The molecular weight excluding hydrogens is 210 g/mol. The Morgan fingerprint density at radius 3 is 2.67 bits per heavy atom. The number of carbonyl (C=O) groups is 1. The van der Waals surface area contributed by atoms with Crippen molar-refractivity contribution in [2.75, 3.05) is 5.73 Å². The Balaban J connectivity index is 3.28. The van der Waals surface area contributed by atoms with Gasteiger partial charge in [0.25, 0.3) is 6.43 Å². The third kappa shape index (κ3) is 2.30. The van der Waals surface area contributed by atoms with Crippen molar-refractivity contribution in [3.8, 4) is 5.75 Å². The highest BCUT2D eigenvalue weighted by atomic mass is 19.3. The summed E-state index contributed by atoms with van der Waals surface area (Å²) in [5.74, 6) is -1.83. The number of carboxylic acid groups (broad SMARTS) is 1. The average Bonchev–Trinajstić information content (AvgIpc) is 2.12. The van der Waals surface area contributed by atoms with Crippen LogP contribution in [0.5, 0.6) is 5.75 Å². The molecule has 0 amide bonds. The van der Waals surface area contributed by atoms with Crippen LogP contribution in [0.1, 0.15) is 17.7 Å². The first-order chi connectivity index (χ1) is 6.93. The number of alkyl halides is 2. The summed E-state index contributed by atoms with van der Waals surface area (Å²) < 4.78 is 24.8. The number of aliphatic carboxylic acids is 1. The van der Waals surface area contributed by atoms with Gasteiger partial charge in [0.05, 0.1) is 18.3 Å². The second-order valence-electron chi connectivity index (χ2n) is 2.79. The van der Waals surface area contributed by atoms with Crippen LogP contribution in [0.15, 0.2) is 6.20 Å². The number of rotatable bonds is 3. The quantitative estimate of drug-likeness (QED) is 0.701. The second-order valence-corrected chi connectivity index (χ2v) is 2.79. The van der Waals surface area contributed by atoms with E-state index in [1.165, 1.54) is 0 Å². The van der Waals surface area contributed by atoms with E-state index in [0.717, 1.165) is 6.20 Å². The molecule has 1 rings (SSSR count). The van der Waals surface area contributed by atoms with Crippen molar-refractivity contribution in [3.05, 3.63) is 17.5 Å². The maximum Gasteiger partial charge on any atom is 0.307 e. The molecule has 0 atom stereocenters. The highest BCUT2D eigenvalue weighted by molar-refractivity contribution is 5.75. The highest BCUT2D eigenvalue weighted by Crippen LogP contribution is 2.30. The Morgan fingerprint density at radius 1 is 1.60 bits per heavy atom. The number of aromatic nitrogens is 1. The fraction of sp³-hybridized carbons (Fsp3) is 0.250. The van der Waals surface area contributed by atoms with Crippen molar-refractivity contribution >= 4 is 11.7 Å². The van der Waals surface area contributed by atoms with Crippen LogP contribution in [0.3, 0.4) is 0 Å². The number of hydrogen-bond donors (Lipinski definition) is 3. The number of carboxylic acids is 1. The first-order valence-corrected chi connectivity index (χ1v) is 3.89. The summed E-state index contributed by atoms with van der Waals surface area (Å²) >= 11 is 0. The van der Waals surface area contributed by atoms with Gasteiger partial charge < -0.3 is 15.9 Å². The van der Waals surface area contributed by atoms with Gasteiger partial charge in [-0.05, 0) is 0 Å². The van der Waals surface area contributed by atoms with E-state index in [9.17, 15) is 13.6 Å². The second kappa shape index (κ2) is 4.07. The van der Waals surface area contributed by atoms with Crippen LogP contribution in [0.2, 0.25) is 0 Å². The molecule has 4 N–H and O–H groups in total. The zero-order valence-electron chi connectivity index (χ0n) is 7.44. The van der Waals surface area contributed by atoms with Crippen LogP contribution in [-0.4, -0.2) is 21.2 Å². The minimum Gasteiger partial charge on any atom is -0.504 e. The SMILES string of the molecule is Nc1c(O)cnc(C(F)F)c1CC(=O)O. The van der Waals surface area contributed by atoms with Crippen LogP contribution in [0.25, 0.3) is 0 Å². The molecule has 7 heteroatoms. The van der Waals surface area contributed by atoms with Crippen molar-refractivity contribution < 1.29 is 23.8 Å². The lowest BCUT2D eigenvalue weighted by Gasteiger charge is -2.09. The molecule has 0 unspecified atom stereocenters. The molecule has 0 saturated carbocycles. The maximum absolute atomic E-state index is 12.4. The zero-order valence-corrected chi connectivity index (χ0v) is 7.44. The Morgan fingerprint density at radius 2 is 2.20 bits per heavy atom. The summed E-state index contributed by atoms with van der Waals surface area (Å²) in [6, 6.07) is 0. The fourth-order valence-electron chi connectivity index (χ4n) is 1.10. The average molecular weight is 218 g/mol. The topological polar surface area (TPSA) is 96.4 Å². The molecule has 0 spiro atoms. The van der Waals surface area contributed by atoms with E-state index in [2.05, 4.69) is 4.98 Å². The molecule has 82 valence electrons. The molecule has 1 aromatic rings. The molecule has 0 bridgehead atoms. The molecule has 0 aromatic carbocycles. The van der Waals surface area contributed by atoms with Gasteiger partial charge in [0.1, 0.15) is 5.69 Å². The van der Waals surface area contributed by atoms with Gasteiger partial charge in [0.15, 0.2) is 5.75 Å². The number of anilines is 1. The van der Waals surface area contributed by atoms with Gasteiger partial charge in [-0.15, -0.1) is 0 Å². The van der Waals surface area contributed by atoms with Crippen molar-refractivity contribution in [1.82, 2.24) is 4.98 Å². The largest absolute Gasteiger partial charge is 0.504 e. The van der Waals surface area contributed by atoms with Crippen LogP contribution in [0.4, 0.5) is 14.5 Å². The minimum atomic E-state index is -2.93. The molecule has 0 aliphatic rings. The van der Waals surface area contributed by atoms with Crippen LogP contribution < -0.4 is 5.73 Å². The minimum absolute atomic E-state index is 0.350. The van der Waals surface area contributed by atoms with Crippen molar-refractivity contribution in [1.29, 1.82) is 0 Å². The molecule has 1 heterocycles. The van der Waals surface area contributed by atoms with Gasteiger partial charge >= 0.3 is 5.97 Å². The molecule has 1 aromatic heterocycles. The summed E-state index contributed by atoms with van der Waals surface area (Å²) in [5, 5.41) is 17.6. The van der Waals surface area contributed by atoms with Crippen molar-refractivity contribution in [2.24, 2.45) is 0 Å². The maximum atomic E-state index is 12.4. The van der Waals surface area contributed by atoms with E-state index in [4.69, 9.17) is 15.9 Å². The third-order valence-electron chi connectivity index (χ3n) is 1.77. The number of aromatic hydroxyl groups is 1. The summed E-state index contributed by atoms with van der Waals surface area (Å²) in [6.07, 6.45) is -2.86. The number of pyridine rings is 1. The Hall–Kier alpha value is -1.92. The molecule has 5 nitrogen and oxygen atoms in total.